The lowest BCUT2D eigenvalue weighted by atomic mass is 10.3. The van der Waals surface area contributed by atoms with E-state index in [0.29, 0.717) is 6.61 Å². The molecule has 0 N–H and O–H groups in total. The molecule has 78 valence electrons. The van der Waals surface area contributed by atoms with Crippen molar-refractivity contribution in [3.05, 3.63) is 28.8 Å². The molecule has 4 heteroatoms. The van der Waals surface area contributed by atoms with Gasteiger partial charge >= 0.3 is 0 Å². The third-order valence-corrected chi connectivity index (χ3v) is 2.02. The van der Waals surface area contributed by atoms with Gasteiger partial charge in [-0.1, -0.05) is 24.9 Å². The van der Waals surface area contributed by atoms with Crippen LogP contribution in [0.4, 0.5) is 8.78 Å². The lowest BCUT2D eigenvalue weighted by Crippen LogP contribution is -1.99. The zero-order valence-electron chi connectivity index (χ0n) is 7.82. The maximum absolute atomic E-state index is 13.0. The Morgan fingerprint density at radius 2 is 2.00 bits per heavy atom. The predicted molar refractivity (Wildman–Crippen MR) is 51.8 cm³/mol. The summed E-state index contributed by atoms with van der Waals surface area (Å²) in [6, 6.07) is 1.88. The van der Waals surface area contributed by atoms with E-state index in [9.17, 15) is 8.78 Å². The molecule has 0 saturated heterocycles. The summed E-state index contributed by atoms with van der Waals surface area (Å²) in [6.45, 7) is 2.41. The van der Waals surface area contributed by atoms with Crippen LogP contribution in [0.5, 0.6) is 5.75 Å². The molecule has 1 nitrogen and oxygen atoms in total. The van der Waals surface area contributed by atoms with Crippen molar-refractivity contribution in [1.29, 1.82) is 0 Å². The molecule has 0 aromatic heterocycles. The molecule has 0 atom stereocenters. The highest BCUT2D eigenvalue weighted by Gasteiger charge is 2.08. The van der Waals surface area contributed by atoms with Crippen LogP contribution in [0, 0.1) is 11.6 Å². The first-order valence-corrected chi connectivity index (χ1v) is 4.80. The van der Waals surface area contributed by atoms with Gasteiger partial charge in [0.15, 0.2) is 11.6 Å². The summed E-state index contributed by atoms with van der Waals surface area (Å²) in [5, 5.41) is -0.127. The molecule has 0 amide bonds. The van der Waals surface area contributed by atoms with Crippen LogP contribution in [0.3, 0.4) is 0 Å². The molecule has 0 unspecified atom stereocenters. The summed E-state index contributed by atoms with van der Waals surface area (Å²) >= 11 is 5.48. The molecule has 0 aliphatic rings. The lowest BCUT2D eigenvalue weighted by Gasteiger charge is -2.06. The quantitative estimate of drug-likeness (QED) is 0.554. The number of benzene rings is 1. The van der Waals surface area contributed by atoms with E-state index in [1.54, 1.807) is 0 Å². The van der Waals surface area contributed by atoms with Gasteiger partial charge in [0.2, 0.25) is 0 Å². The Hall–Kier alpha value is -0.830. The maximum atomic E-state index is 13.0. The minimum Gasteiger partial charge on any atom is -0.490 e. The number of unbranched alkanes of at least 4 members (excludes halogenated alkanes) is 1. The van der Waals surface area contributed by atoms with Crippen molar-refractivity contribution in [2.45, 2.75) is 19.8 Å². The van der Waals surface area contributed by atoms with Crippen molar-refractivity contribution in [1.82, 2.24) is 0 Å². The smallest absolute Gasteiger partial charge is 0.168 e. The monoisotopic (exact) mass is 220 g/mol. The third kappa shape index (κ3) is 2.84. The van der Waals surface area contributed by atoms with E-state index in [1.165, 1.54) is 0 Å². The Balaban J connectivity index is 2.72. The van der Waals surface area contributed by atoms with Crippen molar-refractivity contribution in [2.75, 3.05) is 6.61 Å². The first kappa shape index (κ1) is 11.2. The summed E-state index contributed by atoms with van der Waals surface area (Å²) in [7, 11) is 0. The second-order valence-corrected chi connectivity index (χ2v) is 3.31. The van der Waals surface area contributed by atoms with E-state index >= 15 is 0 Å². The average molecular weight is 221 g/mol. The van der Waals surface area contributed by atoms with Crippen LogP contribution in [0.25, 0.3) is 0 Å². The van der Waals surface area contributed by atoms with Gasteiger partial charge in [0.1, 0.15) is 5.82 Å². The highest BCUT2D eigenvalue weighted by Crippen LogP contribution is 2.25. The van der Waals surface area contributed by atoms with Gasteiger partial charge in [-0.25, -0.2) is 8.78 Å². The van der Waals surface area contributed by atoms with Gasteiger partial charge in [-0.3, -0.25) is 0 Å². The summed E-state index contributed by atoms with van der Waals surface area (Å²) in [5.74, 6) is -1.49. The SMILES string of the molecule is CCCCOc1cc(Cl)c(F)cc1F. The van der Waals surface area contributed by atoms with Gasteiger partial charge in [0, 0.05) is 12.1 Å². The van der Waals surface area contributed by atoms with Gasteiger partial charge in [0.05, 0.1) is 11.6 Å². The van der Waals surface area contributed by atoms with E-state index in [0.717, 1.165) is 25.0 Å². The largest absolute Gasteiger partial charge is 0.490 e. The Morgan fingerprint density at radius 1 is 1.29 bits per heavy atom. The van der Waals surface area contributed by atoms with E-state index in [-0.39, 0.29) is 10.8 Å². The molecular weight excluding hydrogens is 210 g/mol. The Kier molecular flexibility index (Phi) is 4.14. The minimum atomic E-state index is -0.771. The third-order valence-electron chi connectivity index (χ3n) is 1.73. The molecule has 0 saturated carbocycles. The molecule has 0 fully saturated rings. The summed E-state index contributed by atoms with van der Waals surface area (Å²) in [5.41, 5.74) is 0. The second-order valence-electron chi connectivity index (χ2n) is 2.90. The minimum absolute atomic E-state index is 0.00449. The molecule has 0 heterocycles. The van der Waals surface area contributed by atoms with Crippen LogP contribution in [0.1, 0.15) is 19.8 Å². The van der Waals surface area contributed by atoms with Crippen LogP contribution < -0.4 is 4.74 Å². The Bertz CT molecular complexity index is 315. The zero-order chi connectivity index (χ0) is 10.6. The lowest BCUT2D eigenvalue weighted by molar-refractivity contribution is 0.293. The highest BCUT2D eigenvalue weighted by molar-refractivity contribution is 6.30. The van der Waals surface area contributed by atoms with Crippen LogP contribution in [-0.4, -0.2) is 6.61 Å². The Morgan fingerprint density at radius 3 is 2.64 bits per heavy atom. The van der Waals surface area contributed by atoms with Crippen molar-refractivity contribution >= 4 is 11.6 Å². The molecule has 0 bridgehead atoms. The van der Waals surface area contributed by atoms with Crippen LogP contribution in [0.2, 0.25) is 5.02 Å². The van der Waals surface area contributed by atoms with E-state index in [2.05, 4.69) is 0 Å². The maximum Gasteiger partial charge on any atom is 0.168 e. The molecule has 1 aromatic carbocycles. The fourth-order valence-corrected chi connectivity index (χ4v) is 1.10. The highest BCUT2D eigenvalue weighted by atomic mass is 35.5. The fraction of sp³-hybridized carbons (Fsp3) is 0.400. The van der Waals surface area contributed by atoms with E-state index in [4.69, 9.17) is 16.3 Å². The molecule has 0 radical (unpaired) electrons. The van der Waals surface area contributed by atoms with Crippen molar-refractivity contribution in [3.63, 3.8) is 0 Å². The summed E-state index contributed by atoms with van der Waals surface area (Å²) in [6.07, 6.45) is 1.78. The normalized spacial score (nSPS) is 10.3. The topological polar surface area (TPSA) is 9.23 Å². The van der Waals surface area contributed by atoms with Crippen molar-refractivity contribution < 1.29 is 13.5 Å². The molecule has 0 spiro atoms. The second kappa shape index (κ2) is 5.15. The number of hydrogen-bond donors (Lipinski definition) is 0. The predicted octanol–water partition coefficient (Wildman–Crippen LogP) is 3.80. The first-order chi connectivity index (χ1) is 6.65. The van der Waals surface area contributed by atoms with Gasteiger partial charge in [0.25, 0.3) is 0 Å². The standard InChI is InChI=1S/C10H11ClF2O/c1-2-3-4-14-10-5-7(11)8(12)6-9(10)13/h5-6H,2-4H2,1H3. The van der Waals surface area contributed by atoms with E-state index < -0.39 is 11.6 Å². The molecule has 14 heavy (non-hydrogen) atoms. The average Bonchev–Trinajstić information content (AvgIpc) is 2.14. The number of hydrogen-bond acceptors (Lipinski definition) is 1. The van der Waals surface area contributed by atoms with Crippen LogP contribution >= 0.6 is 11.6 Å². The number of ether oxygens (including phenoxy) is 1. The molecular formula is C10H11ClF2O. The van der Waals surface area contributed by atoms with Crippen LogP contribution in [-0.2, 0) is 0 Å². The molecule has 1 rings (SSSR count). The molecule has 0 aliphatic carbocycles. The van der Waals surface area contributed by atoms with Crippen molar-refractivity contribution in [2.24, 2.45) is 0 Å². The van der Waals surface area contributed by atoms with Gasteiger partial charge < -0.3 is 4.74 Å². The van der Waals surface area contributed by atoms with Gasteiger partial charge in [-0.05, 0) is 6.42 Å². The number of rotatable bonds is 4. The Labute approximate surface area is 86.6 Å². The molecule has 0 aliphatic heterocycles. The number of halogens is 3. The van der Waals surface area contributed by atoms with E-state index in [1.807, 2.05) is 6.92 Å². The van der Waals surface area contributed by atoms with Gasteiger partial charge in [-0.15, -0.1) is 0 Å². The first-order valence-electron chi connectivity index (χ1n) is 4.42. The molecule has 1 aromatic rings. The summed E-state index contributed by atoms with van der Waals surface area (Å²) in [4.78, 5) is 0. The van der Waals surface area contributed by atoms with Crippen molar-refractivity contribution in [3.8, 4) is 5.75 Å². The van der Waals surface area contributed by atoms with Gasteiger partial charge in [-0.2, -0.15) is 0 Å². The fourth-order valence-electron chi connectivity index (χ4n) is 0.941. The van der Waals surface area contributed by atoms with Crippen LogP contribution in [0.15, 0.2) is 12.1 Å². The zero-order valence-corrected chi connectivity index (χ0v) is 8.57. The summed E-state index contributed by atoms with van der Waals surface area (Å²) < 4.78 is 30.8.